The number of benzene rings is 1. The van der Waals surface area contributed by atoms with Crippen LogP contribution in [0, 0.1) is 29.4 Å². The lowest BCUT2D eigenvalue weighted by atomic mass is 9.73. The summed E-state index contributed by atoms with van der Waals surface area (Å²) in [6, 6.07) is 2.29. The average molecular weight is 328 g/mol. The summed E-state index contributed by atoms with van der Waals surface area (Å²) in [6.07, 6.45) is 7.27. The highest BCUT2D eigenvalue weighted by Gasteiger charge is 2.53. The molecule has 0 amide bonds. The van der Waals surface area contributed by atoms with Gasteiger partial charge in [0.05, 0.1) is 5.56 Å². The van der Waals surface area contributed by atoms with E-state index < -0.39 is 29.0 Å². The first-order chi connectivity index (χ1) is 10.9. The predicted molar refractivity (Wildman–Crippen MR) is 82.4 cm³/mol. The third-order valence-corrected chi connectivity index (χ3v) is 5.85. The molecule has 3 rings (SSSR count). The fraction of sp³-hybridized carbons (Fsp3) is 0.684. The summed E-state index contributed by atoms with van der Waals surface area (Å²) in [7, 11) is 0. The van der Waals surface area contributed by atoms with Gasteiger partial charge in [0.25, 0.3) is 5.92 Å². The van der Waals surface area contributed by atoms with E-state index in [1.807, 2.05) is 0 Å². The summed E-state index contributed by atoms with van der Waals surface area (Å²) in [5.74, 6) is -6.09. The molecule has 2 aliphatic carbocycles. The first-order valence-corrected chi connectivity index (χ1v) is 8.80. The predicted octanol–water partition coefficient (Wildman–Crippen LogP) is 6.23. The zero-order chi connectivity index (χ0) is 16.6. The molecule has 1 aromatic rings. The molecule has 128 valence electrons. The Morgan fingerprint density at radius 3 is 2.43 bits per heavy atom. The fourth-order valence-electron chi connectivity index (χ4n) is 4.51. The molecule has 0 saturated heterocycles. The van der Waals surface area contributed by atoms with Crippen LogP contribution in [-0.2, 0) is 12.3 Å². The number of rotatable bonds is 4. The van der Waals surface area contributed by atoms with Crippen LogP contribution in [0.3, 0.4) is 0 Å². The van der Waals surface area contributed by atoms with Crippen LogP contribution in [-0.4, -0.2) is 0 Å². The van der Waals surface area contributed by atoms with E-state index in [1.165, 1.54) is 25.3 Å². The van der Waals surface area contributed by atoms with E-state index in [0.29, 0.717) is 5.92 Å². The van der Waals surface area contributed by atoms with Gasteiger partial charge in [-0.3, -0.25) is 0 Å². The number of unbranched alkanes of at least 4 members (excludes halogenated alkanes) is 1. The van der Waals surface area contributed by atoms with E-state index in [1.54, 1.807) is 0 Å². The van der Waals surface area contributed by atoms with Crippen LogP contribution in [0.15, 0.2) is 12.1 Å². The molecule has 0 aromatic heterocycles. The van der Waals surface area contributed by atoms with E-state index in [0.717, 1.165) is 31.7 Å². The average Bonchev–Trinajstić information content (AvgIpc) is 2.81. The van der Waals surface area contributed by atoms with Crippen LogP contribution in [0.4, 0.5) is 17.6 Å². The van der Waals surface area contributed by atoms with Crippen LogP contribution in [0.1, 0.15) is 63.0 Å². The lowest BCUT2D eigenvalue weighted by Crippen LogP contribution is -2.31. The highest BCUT2D eigenvalue weighted by Crippen LogP contribution is 2.53. The zero-order valence-electron chi connectivity index (χ0n) is 13.6. The third kappa shape index (κ3) is 3.01. The Hall–Kier alpha value is -1.06. The van der Waals surface area contributed by atoms with E-state index in [2.05, 4.69) is 6.92 Å². The minimum atomic E-state index is -3.25. The minimum Gasteiger partial charge on any atom is -0.204 e. The van der Waals surface area contributed by atoms with Crippen LogP contribution in [0.2, 0.25) is 0 Å². The molecule has 4 heteroatoms. The second kappa shape index (κ2) is 6.45. The van der Waals surface area contributed by atoms with Gasteiger partial charge in [0.15, 0.2) is 11.6 Å². The molecule has 1 saturated carbocycles. The molecule has 0 nitrogen and oxygen atoms in total. The number of alkyl halides is 2. The van der Waals surface area contributed by atoms with Gasteiger partial charge in [-0.2, -0.15) is 0 Å². The van der Waals surface area contributed by atoms with E-state index in [9.17, 15) is 17.6 Å². The number of hydrogen-bond acceptors (Lipinski definition) is 0. The number of fused-ring (bicyclic) bond motifs is 1. The Labute approximate surface area is 135 Å². The van der Waals surface area contributed by atoms with Gasteiger partial charge in [0.2, 0.25) is 0 Å². The maximum atomic E-state index is 14.7. The van der Waals surface area contributed by atoms with Gasteiger partial charge in [0, 0.05) is 5.92 Å². The van der Waals surface area contributed by atoms with Gasteiger partial charge in [0.1, 0.15) is 0 Å². The van der Waals surface area contributed by atoms with Crippen molar-refractivity contribution in [3.8, 4) is 0 Å². The Balaban J connectivity index is 1.73. The van der Waals surface area contributed by atoms with Crippen molar-refractivity contribution in [3.05, 3.63) is 34.9 Å². The summed E-state index contributed by atoms with van der Waals surface area (Å²) in [5, 5.41) is 0. The van der Waals surface area contributed by atoms with Crippen molar-refractivity contribution in [1.82, 2.24) is 0 Å². The maximum Gasteiger partial charge on any atom is 0.279 e. The molecule has 2 aliphatic rings. The van der Waals surface area contributed by atoms with Crippen molar-refractivity contribution in [2.45, 2.75) is 64.2 Å². The topological polar surface area (TPSA) is 0 Å². The molecule has 1 fully saturated rings. The summed E-state index contributed by atoms with van der Waals surface area (Å²) >= 11 is 0. The molecule has 23 heavy (non-hydrogen) atoms. The molecule has 0 N–H and O–H groups in total. The smallest absolute Gasteiger partial charge is 0.204 e. The van der Waals surface area contributed by atoms with Crippen molar-refractivity contribution in [2.75, 3.05) is 0 Å². The van der Waals surface area contributed by atoms with Gasteiger partial charge in [-0.1, -0.05) is 45.1 Å². The second-order valence-electron chi connectivity index (χ2n) is 7.25. The van der Waals surface area contributed by atoms with E-state index >= 15 is 0 Å². The summed E-state index contributed by atoms with van der Waals surface area (Å²) in [4.78, 5) is 0. The lowest BCUT2D eigenvalue weighted by Gasteiger charge is -2.34. The first kappa shape index (κ1) is 16.8. The SMILES string of the molecule is CCCCC1CCC(C2Cc3ccc(F)c(F)c3C2(F)F)CC1. The fourth-order valence-corrected chi connectivity index (χ4v) is 4.51. The minimum absolute atomic E-state index is 0.0854. The highest BCUT2D eigenvalue weighted by atomic mass is 19.3. The molecule has 0 aliphatic heterocycles. The zero-order valence-corrected chi connectivity index (χ0v) is 13.6. The molecule has 1 aromatic carbocycles. The Morgan fingerprint density at radius 1 is 1.09 bits per heavy atom. The van der Waals surface area contributed by atoms with Gasteiger partial charge in [-0.15, -0.1) is 0 Å². The summed E-state index contributed by atoms with van der Waals surface area (Å²) in [5.41, 5.74) is -0.400. The largest absolute Gasteiger partial charge is 0.279 e. The Bertz CT molecular complexity index is 559. The van der Waals surface area contributed by atoms with Crippen LogP contribution < -0.4 is 0 Å². The number of halogens is 4. The first-order valence-electron chi connectivity index (χ1n) is 8.80. The van der Waals surface area contributed by atoms with Crippen molar-refractivity contribution < 1.29 is 17.6 Å². The van der Waals surface area contributed by atoms with E-state index in [4.69, 9.17) is 0 Å². The van der Waals surface area contributed by atoms with Crippen molar-refractivity contribution in [3.63, 3.8) is 0 Å². The summed E-state index contributed by atoms with van der Waals surface area (Å²) < 4.78 is 56.7. The normalized spacial score (nSPS) is 29.5. The molecule has 0 spiro atoms. The quantitative estimate of drug-likeness (QED) is 0.575. The van der Waals surface area contributed by atoms with Crippen LogP contribution in [0.5, 0.6) is 0 Å². The Kier molecular flexibility index (Phi) is 4.70. The Morgan fingerprint density at radius 2 is 1.78 bits per heavy atom. The summed E-state index contributed by atoms with van der Waals surface area (Å²) in [6.45, 7) is 2.16. The van der Waals surface area contributed by atoms with Gasteiger partial charge >= 0.3 is 0 Å². The molecule has 0 radical (unpaired) electrons. The second-order valence-corrected chi connectivity index (χ2v) is 7.25. The number of hydrogen-bond donors (Lipinski definition) is 0. The van der Waals surface area contributed by atoms with Crippen LogP contribution in [0.25, 0.3) is 0 Å². The van der Waals surface area contributed by atoms with Crippen molar-refractivity contribution in [2.24, 2.45) is 17.8 Å². The molecular weight excluding hydrogens is 304 g/mol. The highest BCUT2D eigenvalue weighted by molar-refractivity contribution is 5.39. The maximum absolute atomic E-state index is 14.7. The van der Waals surface area contributed by atoms with Gasteiger partial charge in [-0.05, 0) is 42.7 Å². The van der Waals surface area contributed by atoms with Crippen molar-refractivity contribution >= 4 is 0 Å². The molecular formula is C19H24F4. The molecule has 1 unspecified atom stereocenters. The lowest BCUT2D eigenvalue weighted by molar-refractivity contribution is -0.0843. The third-order valence-electron chi connectivity index (χ3n) is 5.85. The van der Waals surface area contributed by atoms with Gasteiger partial charge in [-0.25, -0.2) is 17.6 Å². The standard InChI is InChI=1S/C19H24F4/c1-2-3-4-12-5-7-13(8-6-12)15-11-14-9-10-16(20)18(21)17(14)19(15,22)23/h9-10,12-13,15H,2-8,11H2,1H3. The van der Waals surface area contributed by atoms with E-state index in [-0.39, 0.29) is 17.9 Å². The molecule has 1 atom stereocenters. The van der Waals surface area contributed by atoms with Crippen molar-refractivity contribution in [1.29, 1.82) is 0 Å². The van der Waals surface area contributed by atoms with Gasteiger partial charge < -0.3 is 0 Å². The molecule has 0 bridgehead atoms. The van der Waals surface area contributed by atoms with Crippen LogP contribution >= 0.6 is 0 Å². The monoisotopic (exact) mass is 328 g/mol. The molecule has 0 heterocycles.